The summed E-state index contributed by atoms with van der Waals surface area (Å²) in [6.07, 6.45) is 6.15. The minimum atomic E-state index is -0.723. The summed E-state index contributed by atoms with van der Waals surface area (Å²) in [7, 11) is 0. The first-order chi connectivity index (χ1) is 13.0. The Morgan fingerprint density at radius 3 is 2.85 bits per heavy atom. The molecule has 1 heterocycles. The first-order valence-electron chi connectivity index (χ1n) is 8.96. The number of benzene rings is 1. The van der Waals surface area contributed by atoms with E-state index in [2.05, 4.69) is 15.6 Å². The summed E-state index contributed by atoms with van der Waals surface area (Å²) in [6, 6.07) is 8.01. The smallest absolute Gasteiger partial charge is 0.254 e. The normalized spacial score (nSPS) is 18.9. The number of hydrogen-bond acceptors (Lipinski definition) is 3. The Morgan fingerprint density at radius 1 is 1.22 bits per heavy atom. The van der Waals surface area contributed by atoms with Crippen molar-refractivity contribution in [2.75, 3.05) is 6.54 Å². The molecule has 0 unspecified atom stereocenters. The molecule has 1 aromatic carbocycles. The molecule has 0 saturated heterocycles. The number of nitrogens with zero attached hydrogens (tertiary/aromatic N) is 1. The first kappa shape index (κ1) is 19.3. The second-order valence-corrected chi connectivity index (χ2v) is 7.09. The summed E-state index contributed by atoms with van der Waals surface area (Å²) in [6.45, 7) is 0.547. The number of nitrogens with one attached hydrogen (secondary N) is 2. The summed E-state index contributed by atoms with van der Waals surface area (Å²) >= 11 is 5.72. The Labute approximate surface area is 162 Å². The van der Waals surface area contributed by atoms with Crippen LogP contribution >= 0.6 is 11.6 Å². The zero-order valence-electron chi connectivity index (χ0n) is 14.8. The Morgan fingerprint density at radius 2 is 2.07 bits per heavy atom. The van der Waals surface area contributed by atoms with E-state index in [1.54, 1.807) is 12.4 Å². The predicted octanol–water partition coefficient (Wildman–Crippen LogP) is 3.13. The first-order valence-corrected chi connectivity index (χ1v) is 9.34. The maximum absolute atomic E-state index is 13.9. The third-order valence-corrected chi connectivity index (χ3v) is 5.06. The standard InChI is InChI=1S/C20H21ClFN3O2/c21-17-5-1-4-16(18(17)22)20(27)25-15-7-6-14(11-15)19(26)24-10-8-13-3-2-9-23-12-13/h1-5,9,12,14-15H,6-8,10-11H2,(H,24,26)(H,25,27)/t14-,15+/m0/s1. The van der Waals surface area contributed by atoms with E-state index in [9.17, 15) is 14.0 Å². The molecule has 0 radical (unpaired) electrons. The molecule has 1 fully saturated rings. The van der Waals surface area contributed by atoms with Crippen LogP contribution in [0.4, 0.5) is 4.39 Å². The van der Waals surface area contributed by atoms with Crippen molar-refractivity contribution in [3.8, 4) is 0 Å². The molecule has 0 spiro atoms. The maximum atomic E-state index is 13.9. The van der Waals surface area contributed by atoms with Crippen LogP contribution in [0.3, 0.4) is 0 Å². The van der Waals surface area contributed by atoms with E-state index in [0.29, 0.717) is 25.8 Å². The highest BCUT2D eigenvalue weighted by Gasteiger charge is 2.31. The van der Waals surface area contributed by atoms with Gasteiger partial charge in [-0.1, -0.05) is 23.7 Å². The number of aromatic nitrogens is 1. The Kier molecular flexibility index (Phi) is 6.40. The van der Waals surface area contributed by atoms with Crippen molar-refractivity contribution in [2.45, 2.75) is 31.7 Å². The SMILES string of the molecule is O=C(N[C@@H]1CC[C@H](C(=O)NCCc2cccnc2)C1)c1cccc(Cl)c1F. The predicted molar refractivity (Wildman–Crippen MR) is 101 cm³/mol. The molecule has 142 valence electrons. The monoisotopic (exact) mass is 389 g/mol. The molecule has 1 saturated carbocycles. The fourth-order valence-electron chi connectivity index (χ4n) is 3.31. The molecule has 0 aliphatic heterocycles. The number of hydrogen-bond donors (Lipinski definition) is 2. The molecule has 7 heteroatoms. The lowest BCUT2D eigenvalue weighted by molar-refractivity contribution is -0.124. The van der Waals surface area contributed by atoms with E-state index in [0.717, 1.165) is 12.0 Å². The largest absolute Gasteiger partial charge is 0.356 e. The van der Waals surface area contributed by atoms with Crippen molar-refractivity contribution in [2.24, 2.45) is 5.92 Å². The van der Waals surface area contributed by atoms with Crippen LogP contribution in [-0.2, 0) is 11.2 Å². The van der Waals surface area contributed by atoms with E-state index >= 15 is 0 Å². The second kappa shape index (κ2) is 8.95. The van der Waals surface area contributed by atoms with Gasteiger partial charge in [0.25, 0.3) is 5.91 Å². The van der Waals surface area contributed by atoms with Crippen LogP contribution in [0.15, 0.2) is 42.7 Å². The quantitative estimate of drug-likeness (QED) is 0.797. The number of carbonyl (C=O) groups is 2. The highest BCUT2D eigenvalue weighted by molar-refractivity contribution is 6.31. The molecule has 2 amide bonds. The summed E-state index contributed by atoms with van der Waals surface area (Å²) in [5, 5.41) is 5.66. The third-order valence-electron chi connectivity index (χ3n) is 4.77. The minimum Gasteiger partial charge on any atom is -0.356 e. The van der Waals surface area contributed by atoms with Crippen molar-refractivity contribution >= 4 is 23.4 Å². The number of rotatable bonds is 6. The van der Waals surface area contributed by atoms with E-state index in [1.807, 2.05) is 12.1 Å². The van der Waals surface area contributed by atoms with Gasteiger partial charge in [0.15, 0.2) is 5.82 Å². The Hall–Kier alpha value is -2.47. The topological polar surface area (TPSA) is 71.1 Å². The van der Waals surface area contributed by atoms with E-state index in [-0.39, 0.29) is 28.5 Å². The number of carbonyl (C=O) groups excluding carboxylic acids is 2. The number of halogens is 2. The fraction of sp³-hybridized carbons (Fsp3) is 0.350. The van der Waals surface area contributed by atoms with Gasteiger partial charge >= 0.3 is 0 Å². The van der Waals surface area contributed by atoms with Crippen molar-refractivity contribution < 1.29 is 14.0 Å². The van der Waals surface area contributed by atoms with Crippen molar-refractivity contribution in [3.63, 3.8) is 0 Å². The summed E-state index contributed by atoms with van der Waals surface area (Å²) < 4.78 is 13.9. The van der Waals surface area contributed by atoms with Gasteiger partial charge in [-0.2, -0.15) is 0 Å². The molecular formula is C20H21ClFN3O2. The van der Waals surface area contributed by atoms with Crippen molar-refractivity contribution in [1.82, 2.24) is 15.6 Å². The van der Waals surface area contributed by atoms with Crippen LogP contribution in [-0.4, -0.2) is 29.4 Å². The van der Waals surface area contributed by atoms with Gasteiger partial charge in [-0.05, 0) is 49.4 Å². The molecule has 27 heavy (non-hydrogen) atoms. The molecule has 3 rings (SSSR count). The lowest BCUT2D eigenvalue weighted by atomic mass is 10.1. The minimum absolute atomic E-state index is 0.00965. The van der Waals surface area contributed by atoms with E-state index in [4.69, 9.17) is 11.6 Å². The summed E-state index contributed by atoms with van der Waals surface area (Å²) in [4.78, 5) is 28.6. The van der Waals surface area contributed by atoms with Crippen LogP contribution in [0.25, 0.3) is 0 Å². The van der Waals surface area contributed by atoms with Gasteiger partial charge in [0.05, 0.1) is 10.6 Å². The molecule has 0 bridgehead atoms. The van der Waals surface area contributed by atoms with E-state index in [1.165, 1.54) is 18.2 Å². The Balaban J connectivity index is 1.46. The lowest BCUT2D eigenvalue weighted by Crippen LogP contribution is -2.35. The van der Waals surface area contributed by atoms with Gasteiger partial charge in [-0.3, -0.25) is 14.6 Å². The van der Waals surface area contributed by atoms with Crippen LogP contribution in [0.1, 0.15) is 35.2 Å². The van der Waals surface area contributed by atoms with Gasteiger partial charge in [0, 0.05) is 30.9 Å². The second-order valence-electron chi connectivity index (χ2n) is 6.68. The maximum Gasteiger partial charge on any atom is 0.254 e. The van der Waals surface area contributed by atoms with Crippen LogP contribution in [0, 0.1) is 11.7 Å². The molecule has 2 aromatic rings. The van der Waals surface area contributed by atoms with Crippen LogP contribution < -0.4 is 10.6 Å². The third kappa shape index (κ3) is 5.04. The average molecular weight is 390 g/mol. The van der Waals surface area contributed by atoms with Gasteiger partial charge < -0.3 is 10.6 Å². The molecule has 5 nitrogen and oxygen atoms in total. The Bertz CT molecular complexity index is 816. The van der Waals surface area contributed by atoms with Crippen molar-refractivity contribution in [3.05, 3.63) is 64.7 Å². The van der Waals surface area contributed by atoms with Crippen LogP contribution in [0.5, 0.6) is 0 Å². The van der Waals surface area contributed by atoms with E-state index < -0.39 is 11.7 Å². The molecule has 2 atom stereocenters. The lowest BCUT2D eigenvalue weighted by Gasteiger charge is -2.14. The van der Waals surface area contributed by atoms with Crippen LogP contribution in [0.2, 0.25) is 5.02 Å². The van der Waals surface area contributed by atoms with Gasteiger partial charge in [0.2, 0.25) is 5.91 Å². The van der Waals surface area contributed by atoms with Gasteiger partial charge in [0.1, 0.15) is 0 Å². The zero-order chi connectivity index (χ0) is 19.2. The highest BCUT2D eigenvalue weighted by Crippen LogP contribution is 2.26. The molecule has 1 aromatic heterocycles. The molecule has 1 aliphatic carbocycles. The van der Waals surface area contributed by atoms with Crippen molar-refractivity contribution in [1.29, 1.82) is 0 Å². The number of amides is 2. The molecule has 2 N–H and O–H groups in total. The molecular weight excluding hydrogens is 369 g/mol. The fourth-order valence-corrected chi connectivity index (χ4v) is 3.49. The average Bonchev–Trinajstić information content (AvgIpc) is 3.13. The zero-order valence-corrected chi connectivity index (χ0v) is 15.5. The van der Waals surface area contributed by atoms with Gasteiger partial charge in [-0.15, -0.1) is 0 Å². The molecule has 1 aliphatic rings. The number of pyridine rings is 1. The highest BCUT2D eigenvalue weighted by atomic mass is 35.5. The van der Waals surface area contributed by atoms with Gasteiger partial charge in [-0.25, -0.2) is 4.39 Å². The summed E-state index contributed by atoms with van der Waals surface area (Å²) in [5.74, 6) is -1.38. The summed E-state index contributed by atoms with van der Waals surface area (Å²) in [5.41, 5.74) is 0.991.